The van der Waals surface area contributed by atoms with E-state index in [1.165, 1.54) is 12.1 Å². The number of hydrogen-bond donors (Lipinski definition) is 1. The van der Waals surface area contributed by atoms with Crippen LogP contribution >= 0.6 is 22.6 Å². The van der Waals surface area contributed by atoms with Crippen molar-refractivity contribution in [2.45, 2.75) is 25.3 Å². The zero-order valence-corrected chi connectivity index (χ0v) is 11.2. The zero-order valence-electron chi connectivity index (χ0n) is 9.03. The molecule has 1 unspecified atom stereocenters. The van der Waals surface area contributed by atoms with Gasteiger partial charge in [-0.05, 0) is 53.8 Å². The first-order valence-electron chi connectivity index (χ1n) is 5.37. The Morgan fingerprint density at radius 2 is 2.24 bits per heavy atom. The largest absolute Gasteiger partial charge is 0.327 e. The van der Waals surface area contributed by atoms with E-state index in [0.29, 0.717) is 17.9 Å². The third-order valence-electron chi connectivity index (χ3n) is 3.00. The van der Waals surface area contributed by atoms with Crippen molar-refractivity contribution in [3.63, 3.8) is 0 Å². The Hall–Kier alpha value is -0.760. The van der Waals surface area contributed by atoms with Crippen molar-refractivity contribution >= 4 is 28.3 Å². The third-order valence-corrected chi connectivity index (χ3v) is 3.83. The molecule has 0 radical (unpaired) electrons. The van der Waals surface area contributed by atoms with E-state index < -0.39 is 10.7 Å². The van der Waals surface area contributed by atoms with Crippen molar-refractivity contribution in [3.8, 4) is 0 Å². The molecule has 2 N–H and O–H groups in total. The van der Waals surface area contributed by atoms with Crippen LogP contribution in [-0.4, -0.2) is 11.0 Å². The lowest BCUT2D eigenvalue weighted by molar-refractivity contribution is -0.385. The minimum absolute atomic E-state index is 0.0353. The number of halogens is 2. The fourth-order valence-corrected chi connectivity index (χ4v) is 2.31. The second kappa shape index (κ2) is 4.85. The molecular formula is C11H12FIN2O2. The van der Waals surface area contributed by atoms with Gasteiger partial charge in [-0.1, -0.05) is 0 Å². The summed E-state index contributed by atoms with van der Waals surface area (Å²) in [6.07, 6.45) is 2.51. The highest BCUT2D eigenvalue weighted by Crippen LogP contribution is 2.34. The molecule has 0 spiro atoms. The Bertz CT molecular complexity index is 463. The van der Waals surface area contributed by atoms with Crippen LogP contribution in [0.25, 0.3) is 0 Å². The maximum atomic E-state index is 13.4. The molecule has 0 saturated heterocycles. The van der Waals surface area contributed by atoms with E-state index in [1.807, 2.05) is 0 Å². The zero-order chi connectivity index (χ0) is 12.6. The van der Waals surface area contributed by atoms with Crippen LogP contribution in [0.1, 0.15) is 18.4 Å². The van der Waals surface area contributed by atoms with E-state index in [1.54, 1.807) is 22.6 Å². The fraction of sp³-hybridized carbons (Fsp3) is 0.455. The molecule has 0 heterocycles. The summed E-state index contributed by atoms with van der Waals surface area (Å²) in [5.41, 5.74) is 6.28. The average molecular weight is 350 g/mol. The highest BCUT2D eigenvalue weighted by molar-refractivity contribution is 14.1. The molecule has 1 aromatic carbocycles. The van der Waals surface area contributed by atoms with Gasteiger partial charge in [-0.15, -0.1) is 0 Å². The molecule has 92 valence electrons. The number of nitrogens with zero attached hydrogens (tertiary/aromatic N) is 1. The quantitative estimate of drug-likeness (QED) is 0.516. The van der Waals surface area contributed by atoms with E-state index in [4.69, 9.17) is 5.73 Å². The maximum absolute atomic E-state index is 13.4. The minimum Gasteiger partial charge on any atom is -0.327 e. The Kier molecular flexibility index (Phi) is 3.62. The molecule has 1 aliphatic rings. The summed E-state index contributed by atoms with van der Waals surface area (Å²) in [5, 5.41) is 10.9. The predicted molar refractivity (Wildman–Crippen MR) is 70.2 cm³/mol. The average Bonchev–Trinajstić information content (AvgIpc) is 3.06. The minimum atomic E-state index is -0.476. The lowest BCUT2D eigenvalue weighted by Crippen LogP contribution is -2.25. The van der Waals surface area contributed by atoms with Gasteiger partial charge in [0.2, 0.25) is 0 Å². The number of rotatable bonds is 4. The van der Waals surface area contributed by atoms with Gasteiger partial charge in [0.25, 0.3) is 5.69 Å². The number of hydrogen-bond acceptors (Lipinski definition) is 3. The first-order chi connectivity index (χ1) is 7.99. The summed E-state index contributed by atoms with van der Waals surface area (Å²) in [6, 6.07) is 2.40. The van der Waals surface area contributed by atoms with Gasteiger partial charge in [0, 0.05) is 17.7 Å². The van der Waals surface area contributed by atoms with Crippen LogP contribution in [0.4, 0.5) is 10.1 Å². The highest BCUT2D eigenvalue weighted by Gasteiger charge is 2.30. The van der Waals surface area contributed by atoms with Gasteiger partial charge in [-0.2, -0.15) is 0 Å². The van der Waals surface area contributed by atoms with E-state index >= 15 is 0 Å². The first kappa shape index (κ1) is 12.7. The summed E-state index contributed by atoms with van der Waals surface area (Å²) < 4.78 is 13.7. The van der Waals surface area contributed by atoms with Crippen LogP contribution in [0.3, 0.4) is 0 Å². The van der Waals surface area contributed by atoms with Gasteiger partial charge in [0.15, 0.2) is 0 Å². The molecule has 1 aromatic rings. The molecule has 1 fully saturated rings. The van der Waals surface area contributed by atoms with Gasteiger partial charge in [0.1, 0.15) is 5.82 Å². The van der Waals surface area contributed by atoms with Gasteiger partial charge in [-0.3, -0.25) is 10.1 Å². The van der Waals surface area contributed by atoms with Crippen molar-refractivity contribution in [3.05, 3.63) is 37.2 Å². The second-order valence-electron chi connectivity index (χ2n) is 4.36. The molecule has 4 nitrogen and oxygen atoms in total. The summed E-state index contributed by atoms with van der Waals surface area (Å²) >= 11 is 1.75. The molecule has 0 bridgehead atoms. The Labute approximate surface area is 112 Å². The van der Waals surface area contributed by atoms with Crippen LogP contribution in [0.5, 0.6) is 0 Å². The predicted octanol–water partition coefficient (Wildman–Crippen LogP) is 2.62. The number of nitro benzene ring substituents is 1. The smallest absolute Gasteiger partial charge is 0.273 e. The molecule has 0 amide bonds. The number of nitrogens with two attached hydrogens (primary N) is 1. The monoisotopic (exact) mass is 350 g/mol. The number of benzene rings is 1. The Balaban J connectivity index is 2.29. The van der Waals surface area contributed by atoms with Crippen LogP contribution in [-0.2, 0) is 6.42 Å². The van der Waals surface area contributed by atoms with E-state index in [2.05, 4.69) is 0 Å². The van der Waals surface area contributed by atoms with E-state index in [9.17, 15) is 14.5 Å². The summed E-state index contributed by atoms with van der Waals surface area (Å²) in [7, 11) is 0. The fourth-order valence-electron chi connectivity index (χ4n) is 1.86. The summed E-state index contributed by atoms with van der Waals surface area (Å²) in [6.45, 7) is 0. The lowest BCUT2D eigenvalue weighted by atomic mass is 10.0. The molecule has 1 aliphatic carbocycles. The van der Waals surface area contributed by atoms with Crippen molar-refractivity contribution < 1.29 is 9.31 Å². The standard InChI is InChI=1S/C11H12FIN2O2/c12-8-3-7(4-10(14)6-1-2-6)11(15(16)17)5-9(8)13/h3,5-6,10H,1-2,4,14H2. The topological polar surface area (TPSA) is 69.2 Å². The third kappa shape index (κ3) is 2.92. The molecule has 6 heteroatoms. The van der Waals surface area contributed by atoms with Crippen molar-refractivity contribution in [2.75, 3.05) is 0 Å². The van der Waals surface area contributed by atoms with Gasteiger partial charge >= 0.3 is 0 Å². The van der Waals surface area contributed by atoms with Gasteiger partial charge < -0.3 is 5.73 Å². The van der Waals surface area contributed by atoms with Crippen molar-refractivity contribution in [1.29, 1.82) is 0 Å². The van der Waals surface area contributed by atoms with Crippen LogP contribution in [0.2, 0.25) is 0 Å². The molecule has 17 heavy (non-hydrogen) atoms. The molecule has 2 rings (SSSR count). The number of nitro groups is 1. The first-order valence-corrected chi connectivity index (χ1v) is 6.45. The van der Waals surface area contributed by atoms with E-state index in [-0.39, 0.29) is 15.3 Å². The molecular weight excluding hydrogens is 338 g/mol. The lowest BCUT2D eigenvalue weighted by Gasteiger charge is -2.11. The van der Waals surface area contributed by atoms with Crippen molar-refractivity contribution in [1.82, 2.24) is 0 Å². The van der Waals surface area contributed by atoms with Crippen LogP contribution in [0, 0.1) is 25.4 Å². The SMILES string of the molecule is NC(Cc1cc(F)c(I)cc1[N+](=O)[O-])C1CC1. The van der Waals surface area contributed by atoms with E-state index in [0.717, 1.165) is 12.8 Å². The maximum Gasteiger partial charge on any atom is 0.273 e. The molecule has 0 aliphatic heterocycles. The Morgan fingerprint density at radius 1 is 1.59 bits per heavy atom. The molecule has 1 saturated carbocycles. The van der Waals surface area contributed by atoms with Gasteiger partial charge in [-0.25, -0.2) is 4.39 Å². The van der Waals surface area contributed by atoms with Crippen LogP contribution < -0.4 is 5.73 Å². The normalized spacial score (nSPS) is 16.9. The van der Waals surface area contributed by atoms with Crippen LogP contribution in [0.15, 0.2) is 12.1 Å². The molecule has 0 aromatic heterocycles. The second-order valence-corrected chi connectivity index (χ2v) is 5.52. The van der Waals surface area contributed by atoms with Gasteiger partial charge in [0.05, 0.1) is 8.49 Å². The van der Waals surface area contributed by atoms with Crippen molar-refractivity contribution in [2.24, 2.45) is 11.7 Å². The molecule has 1 atom stereocenters. The summed E-state index contributed by atoms with van der Waals surface area (Å²) in [5.74, 6) is 0.0196. The highest BCUT2D eigenvalue weighted by atomic mass is 127. The Morgan fingerprint density at radius 3 is 2.76 bits per heavy atom. The summed E-state index contributed by atoms with van der Waals surface area (Å²) in [4.78, 5) is 10.4.